The van der Waals surface area contributed by atoms with Crippen LogP contribution >= 0.6 is 0 Å². The monoisotopic (exact) mass is 233 g/mol. The van der Waals surface area contributed by atoms with E-state index in [9.17, 15) is 0 Å². The zero-order chi connectivity index (χ0) is 12.3. The first-order chi connectivity index (χ1) is 8.18. The second-order valence-corrected chi connectivity index (χ2v) is 4.96. The third kappa shape index (κ3) is 3.62. The van der Waals surface area contributed by atoms with Gasteiger partial charge in [-0.2, -0.15) is 17.7 Å². The van der Waals surface area contributed by atoms with Crippen LogP contribution in [0, 0.1) is 6.07 Å². The van der Waals surface area contributed by atoms with Gasteiger partial charge in [-0.05, 0) is 32.5 Å². The van der Waals surface area contributed by atoms with E-state index in [2.05, 4.69) is 68.4 Å². The van der Waals surface area contributed by atoms with E-state index in [1.807, 2.05) is 6.07 Å². The molecule has 0 aliphatic rings. The molecule has 0 radical (unpaired) electrons. The zero-order valence-electron chi connectivity index (χ0n) is 11.9. The van der Waals surface area contributed by atoms with Crippen LogP contribution in [0.25, 0.3) is 0 Å². The molecule has 2 atom stereocenters. The first-order valence-corrected chi connectivity index (χ1v) is 6.20. The van der Waals surface area contributed by atoms with Gasteiger partial charge in [-0.25, -0.2) is 12.1 Å². The average Bonchev–Trinajstić information content (AvgIpc) is 2.97. The summed E-state index contributed by atoms with van der Waals surface area (Å²) in [5.41, 5.74) is 2.73. The minimum absolute atomic E-state index is 0. The molecule has 0 bridgehead atoms. The van der Waals surface area contributed by atoms with Crippen molar-refractivity contribution in [2.75, 3.05) is 14.1 Å². The van der Waals surface area contributed by atoms with Crippen molar-refractivity contribution in [1.29, 1.82) is 0 Å². The predicted molar refractivity (Wildman–Crippen MR) is 72.4 cm³/mol. The zero-order valence-corrected chi connectivity index (χ0v) is 11.9. The number of hydrogen-bond acceptors (Lipinski definition) is 1. The third-order valence-corrected chi connectivity index (χ3v) is 3.44. The minimum atomic E-state index is 0. The molecule has 18 heavy (non-hydrogen) atoms. The van der Waals surface area contributed by atoms with E-state index in [-0.39, 0.29) is 18.9 Å². The molecule has 2 heteroatoms. The molecule has 0 spiro atoms. The van der Waals surface area contributed by atoms with E-state index in [4.69, 9.17) is 0 Å². The maximum atomic E-state index is 3.33. The van der Waals surface area contributed by atoms with Crippen LogP contribution in [0.1, 0.15) is 36.4 Å². The van der Waals surface area contributed by atoms with Crippen molar-refractivity contribution >= 4 is 0 Å². The second kappa shape index (κ2) is 7.00. The number of rotatable bonds is 5. The van der Waals surface area contributed by atoms with Crippen molar-refractivity contribution in [3.8, 4) is 0 Å². The van der Waals surface area contributed by atoms with Gasteiger partial charge in [0.2, 0.25) is 0 Å². The van der Waals surface area contributed by atoms with Crippen LogP contribution in [-0.2, 0) is 0 Å². The molecule has 0 amide bonds. The first-order valence-electron chi connectivity index (χ1n) is 6.20. The molecule has 2 aromatic rings. The van der Waals surface area contributed by atoms with Crippen LogP contribution in [0.2, 0.25) is 0 Å². The van der Waals surface area contributed by atoms with Crippen LogP contribution in [0.4, 0.5) is 0 Å². The fourth-order valence-corrected chi connectivity index (χ4v) is 2.36. The Morgan fingerprint density at radius 3 is 2.56 bits per heavy atom. The van der Waals surface area contributed by atoms with E-state index in [1.165, 1.54) is 11.1 Å². The summed E-state index contributed by atoms with van der Waals surface area (Å²) in [5.74, 6) is 0.584. The SMILES string of the molecule is C[C@H](C[C@H](c1[c-]cc[cH-]1)N(C)C)c1ccc[cH-]1.[Li+]. The maximum Gasteiger partial charge on any atom is 1.00 e. The van der Waals surface area contributed by atoms with Gasteiger partial charge in [-0.15, -0.1) is 0 Å². The number of hydrogen-bond donors (Lipinski definition) is 0. The average molecular weight is 233 g/mol. The van der Waals surface area contributed by atoms with Crippen LogP contribution in [0.15, 0.2) is 42.5 Å². The van der Waals surface area contributed by atoms with Gasteiger partial charge >= 0.3 is 18.9 Å². The largest absolute Gasteiger partial charge is 1.00 e. The molecule has 92 valence electrons. The fourth-order valence-electron chi connectivity index (χ4n) is 2.36. The van der Waals surface area contributed by atoms with Crippen LogP contribution in [0.5, 0.6) is 0 Å². The smallest absolute Gasteiger partial charge is 0.376 e. The second-order valence-electron chi connectivity index (χ2n) is 4.96. The molecule has 0 fully saturated rings. The molecule has 0 aliphatic heterocycles. The Bertz CT molecular complexity index is 414. The van der Waals surface area contributed by atoms with E-state index >= 15 is 0 Å². The van der Waals surface area contributed by atoms with Gasteiger partial charge in [0.15, 0.2) is 0 Å². The fraction of sp³-hybridized carbons (Fsp3) is 0.375. The van der Waals surface area contributed by atoms with Crippen molar-refractivity contribution in [3.05, 3.63) is 59.7 Å². The predicted octanol–water partition coefficient (Wildman–Crippen LogP) is 0.725. The van der Waals surface area contributed by atoms with Gasteiger partial charge in [-0.3, -0.25) is 5.56 Å². The van der Waals surface area contributed by atoms with E-state index < -0.39 is 0 Å². The molecule has 2 rings (SSSR count). The number of nitrogens with zero attached hydrogens (tertiary/aromatic N) is 1. The first kappa shape index (κ1) is 15.3. The summed E-state index contributed by atoms with van der Waals surface area (Å²) in [6.45, 7) is 2.30. The van der Waals surface area contributed by atoms with Crippen molar-refractivity contribution in [1.82, 2.24) is 4.90 Å². The van der Waals surface area contributed by atoms with Crippen molar-refractivity contribution in [3.63, 3.8) is 0 Å². The molecule has 0 saturated carbocycles. The molecule has 0 heterocycles. The van der Waals surface area contributed by atoms with Crippen LogP contribution < -0.4 is 18.9 Å². The molecule has 1 nitrogen and oxygen atoms in total. The molecule has 0 N–H and O–H groups in total. The van der Waals surface area contributed by atoms with Gasteiger partial charge in [0.1, 0.15) is 0 Å². The molecule has 2 aromatic carbocycles. The molecule has 0 unspecified atom stereocenters. The van der Waals surface area contributed by atoms with E-state index in [1.54, 1.807) is 0 Å². The Labute approximate surface area is 123 Å². The van der Waals surface area contributed by atoms with E-state index in [0.29, 0.717) is 12.0 Å². The molecule has 0 aliphatic carbocycles. The van der Waals surface area contributed by atoms with Crippen LogP contribution in [0.3, 0.4) is 0 Å². The standard InChI is InChI=1S/C16H20N.Li/c1-13(14-8-4-5-9-14)12-16(17(2)3)15-10-6-7-11-15;/h4-10,13,16H,12H2,1-3H3;/q-3;+1/t13-,16-;/m1./s1. The summed E-state index contributed by atoms with van der Waals surface area (Å²) in [6.07, 6.45) is 1.14. The van der Waals surface area contributed by atoms with Gasteiger partial charge in [0.05, 0.1) is 0 Å². The van der Waals surface area contributed by atoms with Gasteiger partial charge < -0.3 is 29.2 Å². The van der Waals surface area contributed by atoms with Crippen LogP contribution in [-0.4, -0.2) is 19.0 Å². The minimum Gasteiger partial charge on any atom is -0.376 e. The Morgan fingerprint density at radius 2 is 2.06 bits per heavy atom. The van der Waals surface area contributed by atoms with Gasteiger partial charge in [0.25, 0.3) is 0 Å². The Hall–Kier alpha value is -0.743. The summed E-state index contributed by atoms with van der Waals surface area (Å²) in [5, 5.41) is 0. The Balaban J connectivity index is 0.00000162. The Kier molecular flexibility index (Phi) is 5.95. The third-order valence-electron chi connectivity index (χ3n) is 3.44. The van der Waals surface area contributed by atoms with Crippen molar-refractivity contribution in [2.24, 2.45) is 0 Å². The van der Waals surface area contributed by atoms with Crippen molar-refractivity contribution < 1.29 is 18.9 Å². The topological polar surface area (TPSA) is 3.24 Å². The molecule has 0 saturated heterocycles. The quantitative estimate of drug-likeness (QED) is 0.543. The maximum absolute atomic E-state index is 3.33. The summed E-state index contributed by atoms with van der Waals surface area (Å²) >= 11 is 0. The molecular formula is C16H20LiN-2. The normalized spacial score (nSPS) is 14.2. The van der Waals surface area contributed by atoms with Gasteiger partial charge in [-0.1, -0.05) is 6.92 Å². The molecule has 0 aromatic heterocycles. The van der Waals surface area contributed by atoms with E-state index in [0.717, 1.165) is 6.42 Å². The summed E-state index contributed by atoms with van der Waals surface area (Å²) in [4.78, 5) is 2.28. The molecular weight excluding hydrogens is 213 g/mol. The summed E-state index contributed by atoms with van der Waals surface area (Å²) in [6, 6.07) is 18.7. The summed E-state index contributed by atoms with van der Waals surface area (Å²) < 4.78 is 0. The summed E-state index contributed by atoms with van der Waals surface area (Å²) in [7, 11) is 4.28. The van der Waals surface area contributed by atoms with Crippen molar-refractivity contribution in [2.45, 2.75) is 25.3 Å². The Morgan fingerprint density at radius 1 is 1.28 bits per heavy atom. The van der Waals surface area contributed by atoms with Gasteiger partial charge in [0, 0.05) is 0 Å².